The number of nitrogens with zero attached hydrogens (tertiary/aromatic N) is 4. The summed E-state index contributed by atoms with van der Waals surface area (Å²) in [5.74, 6) is 2.17. The number of hydrogen-bond acceptors (Lipinski definition) is 6. The fourth-order valence-electron chi connectivity index (χ4n) is 3.12. The predicted octanol–water partition coefficient (Wildman–Crippen LogP) is 3.58. The molecule has 6 heteroatoms. The Hall–Kier alpha value is -3.15. The van der Waals surface area contributed by atoms with Crippen LogP contribution < -0.4 is 15.0 Å². The molecule has 6 nitrogen and oxygen atoms in total. The molecule has 1 aliphatic heterocycles. The Morgan fingerprint density at radius 3 is 2.69 bits per heavy atom. The van der Waals surface area contributed by atoms with Gasteiger partial charge in [-0.25, -0.2) is 0 Å². The molecule has 0 radical (unpaired) electrons. The van der Waals surface area contributed by atoms with Gasteiger partial charge in [-0.2, -0.15) is 10.1 Å². The molecule has 0 aliphatic carbocycles. The van der Waals surface area contributed by atoms with Crippen LogP contribution in [0.4, 0.5) is 17.5 Å². The van der Waals surface area contributed by atoms with Crippen LogP contribution in [0.1, 0.15) is 18.1 Å². The summed E-state index contributed by atoms with van der Waals surface area (Å²) < 4.78 is 5.46. The van der Waals surface area contributed by atoms with E-state index in [0.717, 1.165) is 36.8 Å². The molecule has 2 heterocycles. The molecule has 0 bridgehead atoms. The first-order valence-electron chi connectivity index (χ1n) is 8.83. The number of fused-ring (bicyclic) bond motifs is 1. The average molecular weight is 347 g/mol. The molecule has 0 saturated heterocycles. The van der Waals surface area contributed by atoms with Crippen LogP contribution >= 0.6 is 0 Å². The van der Waals surface area contributed by atoms with E-state index < -0.39 is 0 Å². The highest BCUT2D eigenvalue weighted by molar-refractivity contribution is 5.56. The van der Waals surface area contributed by atoms with Gasteiger partial charge in [0, 0.05) is 18.8 Å². The molecule has 26 heavy (non-hydrogen) atoms. The summed E-state index contributed by atoms with van der Waals surface area (Å²) in [5, 5.41) is 11.4. The first-order chi connectivity index (χ1) is 12.8. The van der Waals surface area contributed by atoms with Gasteiger partial charge in [-0.3, -0.25) is 0 Å². The predicted molar refractivity (Wildman–Crippen MR) is 102 cm³/mol. The van der Waals surface area contributed by atoms with Crippen molar-refractivity contribution in [3.05, 3.63) is 65.9 Å². The summed E-state index contributed by atoms with van der Waals surface area (Å²) in [4.78, 5) is 6.87. The van der Waals surface area contributed by atoms with Gasteiger partial charge < -0.3 is 15.0 Å². The van der Waals surface area contributed by atoms with E-state index in [-0.39, 0.29) is 0 Å². The Labute approximate surface area is 152 Å². The normalized spacial score (nSPS) is 13.2. The van der Waals surface area contributed by atoms with Gasteiger partial charge in [0.05, 0.1) is 12.8 Å². The van der Waals surface area contributed by atoms with E-state index in [2.05, 4.69) is 49.7 Å². The molecule has 1 aromatic heterocycles. The van der Waals surface area contributed by atoms with Gasteiger partial charge in [0.25, 0.3) is 0 Å². The lowest BCUT2D eigenvalue weighted by Gasteiger charge is -2.29. The Bertz CT molecular complexity index is 881. The Morgan fingerprint density at radius 2 is 1.88 bits per heavy atom. The summed E-state index contributed by atoms with van der Waals surface area (Å²) in [6, 6.07) is 16.3. The van der Waals surface area contributed by atoms with E-state index in [9.17, 15) is 0 Å². The third kappa shape index (κ3) is 3.59. The van der Waals surface area contributed by atoms with E-state index in [0.29, 0.717) is 12.6 Å². The zero-order valence-corrected chi connectivity index (χ0v) is 14.7. The first-order valence-corrected chi connectivity index (χ1v) is 8.83. The van der Waals surface area contributed by atoms with E-state index in [1.807, 2.05) is 31.2 Å². The highest BCUT2D eigenvalue weighted by Crippen LogP contribution is 2.24. The largest absolute Gasteiger partial charge is 0.494 e. The fraction of sp³-hybridized carbons (Fsp3) is 0.250. The van der Waals surface area contributed by atoms with Gasteiger partial charge in [0.2, 0.25) is 5.95 Å². The van der Waals surface area contributed by atoms with Crippen LogP contribution in [0.5, 0.6) is 5.75 Å². The number of anilines is 3. The van der Waals surface area contributed by atoms with Crippen molar-refractivity contribution < 1.29 is 4.74 Å². The molecule has 0 spiro atoms. The van der Waals surface area contributed by atoms with Gasteiger partial charge in [-0.1, -0.05) is 24.3 Å². The fourth-order valence-corrected chi connectivity index (χ4v) is 3.12. The smallest absolute Gasteiger partial charge is 0.249 e. The molecule has 0 amide bonds. The summed E-state index contributed by atoms with van der Waals surface area (Å²) in [7, 11) is 0. The monoisotopic (exact) mass is 347 g/mol. The van der Waals surface area contributed by atoms with E-state index in [4.69, 9.17) is 4.74 Å². The van der Waals surface area contributed by atoms with Crippen molar-refractivity contribution in [3.63, 3.8) is 0 Å². The Balaban J connectivity index is 1.48. The van der Waals surface area contributed by atoms with Crippen molar-refractivity contribution in [1.29, 1.82) is 0 Å². The number of rotatable bonds is 5. The molecule has 0 fully saturated rings. The highest BCUT2D eigenvalue weighted by atomic mass is 16.5. The van der Waals surface area contributed by atoms with Gasteiger partial charge in [-0.15, -0.1) is 5.10 Å². The second-order valence-electron chi connectivity index (χ2n) is 6.16. The maximum atomic E-state index is 5.46. The van der Waals surface area contributed by atoms with Crippen LogP contribution in [0, 0.1) is 0 Å². The van der Waals surface area contributed by atoms with Crippen molar-refractivity contribution in [3.8, 4) is 5.75 Å². The topological polar surface area (TPSA) is 63.2 Å². The van der Waals surface area contributed by atoms with Gasteiger partial charge in [0.1, 0.15) is 5.75 Å². The lowest BCUT2D eigenvalue weighted by Crippen LogP contribution is -2.31. The summed E-state index contributed by atoms with van der Waals surface area (Å²) in [6.45, 7) is 4.40. The molecule has 3 aromatic rings. The maximum absolute atomic E-state index is 5.46. The van der Waals surface area contributed by atoms with Crippen molar-refractivity contribution in [2.24, 2.45) is 0 Å². The quantitative estimate of drug-likeness (QED) is 0.761. The second-order valence-corrected chi connectivity index (χ2v) is 6.16. The minimum atomic E-state index is 0.491. The zero-order chi connectivity index (χ0) is 17.8. The van der Waals surface area contributed by atoms with Crippen LogP contribution in [-0.4, -0.2) is 28.3 Å². The number of aromatic nitrogens is 3. The second kappa shape index (κ2) is 7.39. The van der Waals surface area contributed by atoms with Crippen LogP contribution in [-0.2, 0) is 13.0 Å². The molecule has 0 atom stereocenters. The average Bonchev–Trinajstić information content (AvgIpc) is 2.69. The van der Waals surface area contributed by atoms with E-state index in [1.54, 1.807) is 6.20 Å². The Kier molecular flexibility index (Phi) is 4.64. The third-order valence-corrected chi connectivity index (χ3v) is 4.42. The molecule has 4 rings (SSSR count). The maximum Gasteiger partial charge on any atom is 0.249 e. The Morgan fingerprint density at radius 1 is 1.08 bits per heavy atom. The van der Waals surface area contributed by atoms with Crippen molar-refractivity contribution in [2.45, 2.75) is 19.9 Å². The molecular formula is C20H21N5O. The first kappa shape index (κ1) is 16.3. The molecule has 1 N–H and O–H groups in total. The van der Waals surface area contributed by atoms with Gasteiger partial charge >= 0.3 is 0 Å². The molecule has 0 saturated carbocycles. The minimum absolute atomic E-state index is 0.491. The summed E-state index contributed by atoms with van der Waals surface area (Å²) in [5.41, 5.74) is 3.66. The van der Waals surface area contributed by atoms with E-state index >= 15 is 0 Å². The van der Waals surface area contributed by atoms with Gasteiger partial charge in [0.15, 0.2) is 5.82 Å². The van der Waals surface area contributed by atoms with Crippen molar-refractivity contribution in [2.75, 3.05) is 23.4 Å². The lowest BCUT2D eigenvalue weighted by molar-refractivity contribution is 0.340. The van der Waals surface area contributed by atoms with Crippen molar-refractivity contribution in [1.82, 2.24) is 15.2 Å². The zero-order valence-electron chi connectivity index (χ0n) is 14.7. The minimum Gasteiger partial charge on any atom is -0.494 e. The number of benzene rings is 2. The van der Waals surface area contributed by atoms with E-state index in [1.165, 1.54) is 11.1 Å². The summed E-state index contributed by atoms with van der Waals surface area (Å²) in [6.07, 6.45) is 2.74. The molecule has 1 aliphatic rings. The van der Waals surface area contributed by atoms with Crippen molar-refractivity contribution >= 4 is 17.5 Å². The SMILES string of the molecule is CCOc1ccc(Nc2nncc(N3CCc4ccccc4C3)n2)cc1. The van der Waals surface area contributed by atoms with Crippen LogP contribution in [0.15, 0.2) is 54.7 Å². The van der Waals surface area contributed by atoms with Crippen LogP contribution in [0.2, 0.25) is 0 Å². The van der Waals surface area contributed by atoms with Crippen LogP contribution in [0.25, 0.3) is 0 Å². The van der Waals surface area contributed by atoms with Gasteiger partial charge in [-0.05, 0) is 48.7 Å². The standard InChI is InChI=1S/C20H21N5O/c1-2-26-18-9-7-17(8-10-18)22-20-23-19(13-21-24-20)25-12-11-15-5-3-4-6-16(15)14-25/h3-10,13H,2,11-12,14H2,1H3,(H,22,23,24). The molecular weight excluding hydrogens is 326 g/mol. The number of ether oxygens (including phenoxy) is 1. The molecule has 2 aromatic carbocycles. The number of nitrogens with one attached hydrogen (secondary N) is 1. The highest BCUT2D eigenvalue weighted by Gasteiger charge is 2.17. The molecule has 132 valence electrons. The van der Waals surface area contributed by atoms with Crippen LogP contribution in [0.3, 0.4) is 0 Å². The lowest BCUT2D eigenvalue weighted by atomic mass is 10.0. The third-order valence-electron chi connectivity index (χ3n) is 4.42. The summed E-state index contributed by atoms with van der Waals surface area (Å²) >= 11 is 0. The number of hydrogen-bond donors (Lipinski definition) is 1. The molecule has 0 unspecified atom stereocenters.